The van der Waals surface area contributed by atoms with E-state index < -0.39 is 0 Å². The summed E-state index contributed by atoms with van der Waals surface area (Å²) in [7, 11) is 0. The van der Waals surface area contributed by atoms with Gasteiger partial charge in [0.1, 0.15) is 5.75 Å². The van der Waals surface area contributed by atoms with Crippen molar-refractivity contribution in [3.63, 3.8) is 0 Å². The van der Waals surface area contributed by atoms with Crippen molar-refractivity contribution < 1.29 is 9.53 Å². The van der Waals surface area contributed by atoms with E-state index in [4.69, 9.17) is 4.74 Å². The predicted octanol–water partition coefficient (Wildman–Crippen LogP) is 2.87. The molecule has 0 radical (unpaired) electrons. The minimum atomic E-state index is -0.203. The van der Waals surface area contributed by atoms with Crippen LogP contribution in [0, 0.1) is 19.8 Å². The van der Waals surface area contributed by atoms with Crippen LogP contribution in [0.15, 0.2) is 48.5 Å². The SMILES string of the molecule is Cc1cccc(-n2nnc(C(=O)NCC3COc4ccccc4C3)c2C)c1. The fourth-order valence-electron chi connectivity index (χ4n) is 3.39. The second kappa shape index (κ2) is 7.23. The topological polar surface area (TPSA) is 69.0 Å². The third-order valence-corrected chi connectivity index (χ3v) is 4.86. The Labute approximate surface area is 158 Å². The van der Waals surface area contributed by atoms with Gasteiger partial charge in [0, 0.05) is 12.5 Å². The lowest BCUT2D eigenvalue weighted by molar-refractivity contribution is 0.0933. The Kier molecular flexibility index (Phi) is 4.62. The molecule has 1 unspecified atom stereocenters. The fourth-order valence-corrected chi connectivity index (χ4v) is 3.39. The zero-order valence-corrected chi connectivity index (χ0v) is 15.5. The number of carbonyl (C=O) groups excluding carboxylic acids is 1. The summed E-state index contributed by atoms with van der Waals surface area (Å²) in [5, 5.41) is 11.2. The van der Waals surface area contributed by atoms with Crippen LogP contribution in [0.1, 0.15) is 27.3 Å². The first-order valence-corrected chi connectivity index (χ1v) is 9.10. The van der Waals surface area contributed by atoms with E-state index in [1.54, 1.807) is 4.68 Å². The largest absolute Gasteiger partial charge is 0.493 e. The number of hydrogen-bond acceptors (Lipinski definition) is 4. The normalized spacial score (nSPS) is 15.7. The summed E-state index contributed by atoms with van der Waals surface area (Å²) >= 11 is 0. The number of rotatable bonds is 4. The molecule has 0 aliphatic carbocycles. The number of fused-ring (bicyclic) bond motifs is 1. The third-order valence-electron chi connectivity index (χ3n) is 4.86. The minimum absolute atomic E-state index is 0.203. The van der Waals surface area contributed by atoms with Crippen molar-refractivity contribution in [2.24, 2.45) is 5.92 Å². The van der Waals surface area contributed by atoms with Crippen molar-refractivity contribution in [1.29, 1.82) is 0 Å². The van der Waals surface area contributed by atoms with Gasteiger partial charge in [-0.3, -0.25) is 4.79 Å². The van der Waals surface area contributed by atoms with Gasteiger partial charge in [-0.05, 0) is 49.6 Å². The van der Waals surface area contributed by atoms with Crippen LogP contribution in [0.4, 0.5) is 0 Å². The molecule has 1 aliphatic rings. The summed E-state index contributed by atoms with van der Waals surface area (Å²) in [5.41, 5.74) is 4.30. The van der Waals surface area contributed by atoms with Gasteiger partial charge < -0.3 is 10.1 Å². The molecule has 1 atom stereocenters. The molecule has 3 aromatic rings. The Morgan fingerprint density at radius 1 is 1.22 bits per heavy atom. The summed E-state index contributed by atoms with van der Waals surface area (Å²) in [6.07, 6.45) is 0.894. The first kappa shape index (κ1) is 17.3. The Morgan fingerprint density at radius 3 is 2.93 bits per heavy atom. The molecule has 0 saturated carbocycles. The van der Waals surface area contributed by atoms with Gasteiger partial charge in [0.2, 0.25) is 0 Å². The molecular weight excluding hydrogens is 340 g/mol. The van der Waals surface area contributed by atoms with Gasteiger partial charge in [-0.25, -0.2) is 4.68 Å². The van der Waals surface area contributed by atoms with E-state index in [2.05, 4.69) is 21.7 Å². The highest BCUT2D eigenvalue weighted by Gasteiger charge is 2.22. The lowest BCUT2D eigenvalue weighted by Crippen LogP contribution is -2.35. The van der Waals surface area contributed by atoms with Gasteiger partial charge in [-0.2, -0.15) is 0 Å². The van der Waals surface area contributed by atoms with E-state index in [1.165, 1.54) is 5.56 Å². The number of nitrogens with zero attached hydrogens (tertiary/aromatic N) is 3. The summed E-state index contributed by atoms with van der Waals surface area (Å²) in [4.78, 5) is 12.6. The van der Waals surface area contributed by atoms with Gasteiger partial charge in [0.05, 0.1) is 18.0 Å². The van der Waals surface area contributed by atoms with Gasteiger partial charge in [0.15, 0.2) is 5.69 Å². The molecular formula is C21H22N4O2. The smallest absolute Gasteiger partial charge is 0.273 e. The minimum Gasteiger partial charge on any atom is -0.493 e. The van der Waals surface area contributed by atoms with E-state index in [-0.39, 0.29) is 11.8 Å². The summed E-state index contributed by atoms with van der Waals surface area (Å²) in [5.74, 6) is 0.984. The molecule has 1 amide bonds. The lowest BCUT2D eigenvalue weighted by Gasteiger charge is -2.25. The molecule has 6 heteroatoms. The maximum Gasteiger partial charge on any atom is 0.273 e. The number of para-hydroxylation sites is 1. The van der Waals surface area contributed by atoms with Gasteiger partial charge in [0.25, 0.3) is 5.91 Å². The number of hydrogen-bond donors (Lipinski definition) is 1. The maximum absolute atomic E-state index is 12.6. The Morgan fingerprint density at radius 2 is 2.07 bits per heavy atom. The standard InChI is InChI=1S/C21H22N4O2/c1-14-6-5-8-18(10-14)25-15(2)20(23-24-25)21(26)22-12-16-11-17-7-3-4-9-19(17)27-13-16/h3-10,16H,11-13H2,1-2H3,(H,22,26). The highest BCUT2D eigenvalue weighted by molar-refractivity contribution is 5.93. The molecule has 2 aromatic carbocycles. The molecule has 1 aromatic heterocycles. The van der Waals surface area contributed by atoms with Crippen LogP contribution in [0.25, 0.3) is 5.69 Å². The lowest BCUT2D eigenvalue weighted by atomic mass is 9.97. The summed E-state index contributed by atoms with van der Waals surface area (Å²) < 4.78 is 7.48. The number of ether oxygens (including phenoxy) is 1. The van der Waals surface area contributed by atoms with Gasteiger partial charge >= 0.3 is 0 Å². The molecule has 0 spiro atoms. The van der Waals surface area contributed by atoms with Crippen LogP contribution in [0.5, 0.6) is 5.75 Å². The first-order chi connectivity index (χ1) is 13.1. The van der Waals surface area contributed by atoms with E-state index in [1.807, 2.05) is 56.3 Å². The average molecular weight is 362 g/mol. The molecule has 1 N–H and O–H groups in total. The number of carbonyl (C=O) groups is 1. The number of nitrogens with one attached hydrogen (secondary N) is 1. The molecule has 0 bridgehead atoms. The molecule has 27 heavy (non-hydrogen) atoms. The first-order valence-electron chi connectivity index (χ1n) is 9.10. The highest BCUT2D eigenvalue weighted by atomic mass is 16.5. The van der Waals surface area contributed by atoms with Gasteiger partial charge in [-0.15, -0.1) is 5.10 Å². The summed E-state index contributed by atoms with van der Waals surface area (Å²) in [6.45, 7) is 5.03. The maximum atomic E-state index is 12.6. The van der Waals surface area contributed by atoms with Crippen molar-refractivity contribution in [3.05, 3.63) is 71.0 Å². The molecule has 0 fully saturated rings. The van der Waals surface area contributed by atoms with Crippen molar-refractivity contribution in [1.82, 2.24) is 20.3 Å². The highest BCUT2D eigenvalue weighted by Crippen LogP contribution is 2.26. The van der Waals surface area contributed by atoms with E-state index in [0.717, 1.165) is 29.1 Å². The fraction of sp³-hybridized carbons (Fsp3) is 0.286. The zero-order valence-electron chi connectivity index (χ0n) is 15.5. The van der Waals surface area contributed by atoms with Crippen molar-refractivity contribution >= 4 is 5.91 Å². The number of aromatic nitrogens is 3. The number of aryl methyl sites for hydroxylation is 1. The number of amides is 1. The molecule has 0 saturated heterocycles. The van der Waals surface area contributed by atoms with Crippen LogP contribution >= 0.6 is 0 Å². The van der Waals surface area contributed by atoms with Crippen LogP contribution < -0.4 is 10.1 Å². The zero-order chi connectivity index (χ0) is 18.8. The van der Waals surface area contributed by atoms with E-state index >= 15 is 0 Å². The average Bonchev–Trinajstić information content (AvgIpc) is 3.07. The Bertz CT molecular complexity index is 980. The molecule has 1 aliphatic heterocycles. The van der Waals surface area contributed by atoms with Crippen molar-refractivity contribution in [3.8, 4) is 11.4 Å². The van der Waals surface area contributed by atoms with Crippen LogP contribution in [0.3, 0.4) is 0 Å². The molecule has 2 heterocycles. The molecule has 4 rings (SSSR count). The Hall–Kier alpha value is -3.15. The quantitative estimate of drug-likeness (QED) is 0.775. The third kappa shape index (κ3) is 3.56. The molecule has 6 nitrogen and oxygen atoms in total. The van der Waals surface area contributed by atoms with Crippen LogP contribution in [0.2, 0.25) is 0 Å². The predicted molar refractivity (Wildman–Crippen MR) is 102 cm³/mol. The van der Waals surface area contributed by atoms with Crippen LogP contribution in [-0.4, -0.2) is 34.1 Å². The number of benzene rings is 2. The van der Waals surface area contributed by atoms with Crippen molar-refractivity contribution in [2.45, 2.75) is 20.3 Å². The van der Waals surface area contributed by atoms with Gasteiger partial charge in [-0.1, -0.05) is 35.5 Å². The van der Waals surface area contributed by atoms with E-state index in [0.29, 0.717) is 18.8 Å². The Balaban J connectivity index is 1.42. The van der Waals surface area contributed by atoms with Crippen LogP contribution in [-0.2, 0) is 6.42 Å². The summed E-state index contributed by atoms with van der Waals surface area (Å²) in [6, 6.07) is 16.0. The monoisotopic (exact) mass is 362 g/mol. The second-order valence-electron chi connectivity index (χ2n) is 6.97. The van der Waals surface area contributed by atoms with Crippen molar-refractivity contribution in [2.75, 3.05) is 13.2 Å². The van der Waals surface area contributed by atoms with E-state index in [9.17, 15) is 4.79 Å². The molecule has 138 valence electrons. The second-order valence-corrected chi connectivity index (χ2v) is 6.97.